The Balaban J connectivity index is 1.72. The van der Waals surface area contributed by atoms with Gasteiger partial charge in [-0.25, -0.2) is 18.4 Å². The molecule has 0 spiro atoms. The van der Waals surface area contributed by atoms with Crippen molar-refractivity contribution < 1.29 is 17.9 Å². The predicted molar refractivity (Wildman–Crippen MR) is 124 cm³/mol. The fourth-order valence-corrected chi connectivity index (χ4v) is 4.07. The summed E-state index contributed by atoms with van der Waals surface area (Å²) < 4.78 is 39.3. The van der Waals surface area contributed by atoms with E-state index in [2.05, 4.69) is 20.0 Å². The molecule has 0 aliphatic carbocycles. The molecule has 0 fully saturated rings. The van der Waals surface area contributed by atoms with E-state index in [1.54, 1.807) is 31.4 Å². The molecule has 0 radical (unpaired) electrons. The Morgan fingerprint density at radius 3 is 2.19 bits per heavy atom. The summed E-state index contributed by atoms with van der Waals surface area (Å²) in [7, 11) is -2.34. The van der Waals surface area contributed by atoms with Crippen LogP contribution in [0.15, 0.2) is 77.7 Å². The number of hydrogen-bond donors (Lipinski definition) is 2. The molecule has 1 heterocycles. The van der Waals surface area contributed by atoms with Crippen LogP contribution in [-0.4, -0.2) is 32.1 Å². The molecule has 0 aliphatic rings. The monoisotopic (exact) mass is 450 g/mol. The number of anilines is 3. The fourth-order valence-electron chi connectivity index (χ4n) is 3.06. The summed E-state index contributed by atoms with van der Waals surface area (Å²) in [5.41, 5.74) is 1.87. The van der Waals surface area contributed by atoms with Gasteiger partial charge in [0.2, 0.25) is 0 Å². The lowest BCUT2D eigenvalue weighted by molar-refractivity contribution is 0.340. The number of fused-ring (bicyclic) bond motifs is 1. The number of rotatable bonds is 8. The number of aromatic nitrogens is 2. The maximum atomic E-state index is 13.0. The molecular formula is C23H22N4O4S. The highest BCUT2D eigenvalue weighted by Crippen LogP contribution is 2.28. The van der Waals surface area contributed by atoms with Gasteiger partial charge in [0.1, 0.15) is 11.5 Å². The molecule has 9 heteroatoms. The maximum absolute atomic E-state index is 13.0. The van der Waals surface area contributed by atoms with Crippen LogP contribution in [0.2, 0.25) is 0 Å². The van der Waals surface area contributed by atoms with Crippen LogP contribution in [0.1, 0.15) is 6.92 Å². The Kier molecular flexibility index (Phi) is 6.09. The molecule has 0 bridgehead atoms. The van der Waals surface area contributed by atoms with E-state index in [-0.39, 0.29) is 16.5 Å². The number of benzene rings is 3. The zero-order valence-electron chi connectivity index (χ0n) is 17.6. The maximum Gasteiger partial charge on any atom is 0.263 e. The van der Waals surface area contributed by atoms with Crippen LogP contribution in [0.3, 0.4) is 0 Å². The highest BCUT2D eigenvalue weighted by atomic mass is 32.2. The molecule has 32 heavy (non-hydrogen) atoms. The molecule has 0 saturated carbocycles. The van der Waals surface area contributed by atoms with Gasteiger partial charge in [0.25, 0.3) is 10.0 Å². The molecule has 4 rings (SSSR count). The van der Waals surface area contributed by atoms with Gasteiger partial charge in [-0.2, -0.15) is 0 Å². The van der Waals surface area contributed by atoms with Gasteiger partial charge in [-0.3, -0.25) is 4.72 Å². The standard InChI is InChI=1S/C23H22N4O4S/c1-3-31-17-11-13-19(14-12-17)32(28,29)27-23-22(24-16-7-6-8-18(15-16)30-2)25-20-9-4-5-10-21(20)26-23/h4-15H,3H2,1-2H3,(H,24,25)(H,26,27). The van der Waals surface area contributed by atoms with E-state index >= 15 is 0 Å². The first-order chi connectivity index (χ1) is 15.5. The second-order valence-electron chi connectivity index (χ2n) is 6.78. The quantitative estimate of drug-likeness (QED) is 0.405. The van der Waals surface area contributed by atoms with E-state index in [1.165, 1.54) is 12.1 Å². The Bertz CT molecular complexity index is 1340. The molecule has 1 aromatic heterocycles. The van der Waals surface area contributed by atoms with E-state index in [1.807, 2.05) is 43.3 Å². The number of sulfonamides is 1. The van der Waals surface area contributed by atoms with E-state index < -0.39 is 10.0 Å². The SMILES string of the molecule is CCOc1ccc(S(=O)(=O)Nc2nc3ccccc3nc2Nc2cccc(OC)c2)cc1. The van der Waals surface area contributed by atoms with Crippen LogP contribution in [0.25, 0.3) is 11.0 Å². The van der Waals surface area contributed by atoms with Gasteiger partial charge in [0.05, 0.1) is 29.6 Å². The normalized spacial score (nSPS) is 11.2. The molecule has 3 aromatic carbocycles. The minimum absolute atomic E-state index is 0.0837. The third-order valence-corrected chi connectivity index (χ3v) is 5.93. The minimum Gasteiger partial charge on any atom is -0.497 e. The van der Waals surface area contributed by atoms with Crippen molar-refractivity contribution in [3.05, 3.63) is 72.8 Å². The van der Waals surface area contributed by atoms with Gasteiger partial charge in [-0.15, -0.1) is 0 Å². The Morgan fingerprint density at radius 2 is 1.53 bits per heavy atom. The average Bonchev–Trinajstić information content (AvgIpc) is 2.80. The summed E-state index contributed by atoms with van der Waals surface area (Å²) in [5.74, 6) is 1.60. The van der Waals surface area contributed by atoms with Gasteiger partial charge in [-0.1, -0.05) is 18.2 Å². The van der Waals surface area contributed by atoms with Crippen LogP contribution in [0, 0.1) is 0 Å². The van der Waals surface area contributed by atoms with Crippen molar-refractivity contribution in [1.82, 2.24) is 9.97 Å². The van der Waals surface area contributed by atoms with E-state index in [9.17, 15) is 8.42 Å². The van der Waals surface area contributed by atoms with Crippen LogP contribution in [0.5, 0.6) is 11.5 Å². The van der Waals surface area contributed by atoms with Crippen LogP contribution < -0.4 is 19.5 Å². The highest BCUT2D eigenvalue weighted by Gasteiger charge is 2.19. The minimum atomic E-state index is -3.91. The Labute approximate surface area is 186 Å². The van der Waals surface area contributed by atoms with Crippen LogP contribution in [-0.2, 0) is 10.0 Å². The number of ether oxygens (including phenoxy) is 2. The van der Waals surface area contributed by atoms with Crippen molar-refractivity contribution >= 4 is 38.4 Å². The molecule has 164 valence electrons. The lowest BCUT2D eigenvalue weighted by Gasteiger charge is -2.14. The largest absolute Gasteiger partial charge is 0.497 e. The van der Waals surface area contributed by atoms with E-state index in [0.717, 1.165) is 0 Å². The summed E-state index contributed by atoms with van der Waals surface area (Å²) >= 11 is 0. The smallest absolute Gasteiger partial charge is 0.263 e. The van der Waals surface area contributed by atoms with Gasteiger partial charge >= 0.3 is 0 Å². The second kappa shape index (κ2) is 9.11. The molecule has 0 amide bonds. The zero-order valence-corrected chi connectivity index (χ0v) is 18.4. The van der Waals surface area contributed by atoms with Crippen LogP contribution in [0.4, 0.5) is 17.3 Å². The van der Waals surface area contributed by atoms with E-state index in [4.69, 9.17) is 9.47 Å². The fraction of sp³-hybridized carbons (Fsp3) is 0.130. The van der Waals surface area contributed by atoms with Crippen molar-refractivity contribution in [3.63, 3.8) is 0 Å². The molecule has 0 unspecified atom stereocenters. The summed E-state index contributed by atoms with van der Waals surface area (Å²) in [4.78, 5) is 9.17. The molecule has 4 aromatic rings. The Hall–Kier alpha value is -3.85. The first-order valence-corrected chi connectivity index (χ1v) is 11.4. The number of nitrogens with one attached hydrogen (secondary N) is 2. The molecular weight excluding hydrogens is 428 g/mol. The second-order valence-corrected chi connectivity index (χ2v) is 8.46. The number of hydrogen-bond acceptors (Lipinski definition) is 7. The summed E-state index contributed by atoms with van der Waals surface area (Å²) in [5, 5.41) is 3.14. The average molecular weight is 451 g/mol. The molecule has 2 N–H and O–H groups in total. The Morgan fingerprint density at radius 1 is 0.844 bits per heavy atom. The first kappa shape index (κ1) is 21.4. The van der Waals surface area contributed by atoms with Crippen molar-refractivity contribution in [2.24, 2.45) is 0 Å². The molecule has 0 aliphatic heterocycles. The molecule has 0 atom stereocenters. The topological polar surface area (TPSA) is 102 Å². The lowest BCUT2D eigenvalue weighted by Crippen LogP contribution is -2.16. The number of para-hydroxylation sites is 2. The van der Waals surface area contributed by atoms with E-state index in [0.29, 0.717) is 34.8 Å². The van der Waals surface area contributed by atoms with Crippen molar-refractivity contribution in [1.29, 1.82) is 0 Å². The summed E-state index contributed by atoms with van der Waals surface area (Å²) in [6.45, 7) is 2.36. The third-order valence-electron chi connectivity index (χ3n) is 4.58. The molecule has 8 nitrogen and oxygen atoms in total. The number of nitrogens with zero attached hydrogens (tertiary/aromatic N) is 2. The lowest BCUT2D eigenvalue weighted by atomic mass is 10.3. The highest BCUT2D eigenvalue weighted by molar-refractivity contribution is 7.92. The van der Waals surface area contributed by atoms with Crippen LogP contribution >= 0.6 is 0 Å². The van der Waals surface area contributed by atoms with Crippen molar-refractivity contribution in [2.75, 3.05) is 23.8 Å². The van der Waals surface area contributed by atoms with Gasteiger partial charge < -0.3 is 14.8 Å². The zero-order chi connectivity index (χ0) is 22.6. The van der Waals surface area contributed by atoms with Crippen molar-refractivity contribution in [3.8, 4) is 11.5 Å². The van der Waals surface area contributed by atoms with Gasteiger partial charge in [-0.05, 0) is 55.5 Å². The number of methoxy groups -OCH3 is 1. The summed E-state index contributed by atoms with van der Waals surface area (Å²) in [6, 6.07) is 20.7. The third kappa shape index (κ3) is 4.73. The predicted octanol–water partition coefficient (Wildman–Crippen LogP) is 4.58. The van der Waals surface area contributed by atoms with Gasteiger partial charge in [0.15, 0.2) is 11.6 Å². The van der Waals surface area contributed by atoms with Gasteiger partial charge in [0, 0.05) is 11.8 Å². The summed E-state index contributed by atoms with van der Waals surface area (Å²) in [6.07, 6.45) is 0. The molecule has 0 saturated heterocycles. The van der Waals surface area contributed by atoms with Crippen molar-refractivity contribution in [2.45, 2.75) is 11.8 Å². The first-order valence-electron chi connectivity index (χ1n) is 9.92.